The number of hydrogen-bond acceptors (Lipinski definition) is 3. The molecule has 0 saturated heterocycles. The van der Waals surface area contributed by atoms with Crippen LogP contribution in [0.4, 0.5) is 0 Å². The highest BCUT2D eigenvalue weighted by molar-refractivity contribution is 5.94. The van der Waals surface area contributed by atoms with Crippen molar-refractivity contribution in [2.45, 2.75) is 19.9 Å². The highest BCUT2D eigenvalue weighted by Crippen LogP contribution is 2.29. The van der Waals surface area contributed by atoms with E-state index in [1.807, 2.05) is 61.5 Å². The highest BCUT2D eigenvalue weighted by atomic mass is 16.5. The Balaban J connectivity index is 1.80. The zero-order valence-electron chi connectivity index (χ0n) is 14.7. The molecule has 0 spiro atoms. The Kier molecular flexibility index (Phi) is 5.17. The number of para-hydroxylation sites is 2. The van der Waals surface area contributed by atoms with Gasteiger partial charge in [-0.25, -0.2) is 0 Å². The molecule has 5 nitrogen and oxygen atoms in total. The molecule has 2 N–H and O–H groups in total. The Morgan fingerprint density at radius 3 is 2.50 bits per heavy atom. The first-order valence-corrected chi connectivity index (χ1v) is 8.36. The molecule has 1 heterocycles. The average molecular weight is 348 g/mol. The number of carbonyl (C=O) groups is 1. The zero-order chi connectivity index (χ0) is 18.5. The van der Waals surface area contributed by atoms with Crippen LogP contribution in [0, 0.1) is 6.92 Å². The number of aryl methyl sites for hydroxylation is 1. The molecule has 3 rings (SSSR count). The number of amides is 1. The maximum atomic E-state index is 12.5. The van der Waals surface area contributed by atoms with Gasteiger partial charge in [0.1, 0.15) is 17.1 Å². The Morgan fingerprint density at radius 2 is 1.77 bits per heavy atom. The number of H-pyrrole nitrogens is 1. The molecule has 132 valence electrons. The van der Waals surface area contributed by atoms with Crippen LogP contribution >= 0.6 is 0 Å². The van der Waals surface area contributed by atoms with Crippen molar-refractivity contribution in [3.63, 3.8) is 0 Å². The molecule has 1 aromatic heterocycles. The molecule has 0 aliphatic heterocycles. The quantitative estimate of drug-likeness (QED) is 0.733. The number of rotatable bonds is 5. The first kappa shape index (κ1) is 17.5. The summed E-state index contributed by atoms with van der Waals surface area (Å²) in [4.78, 5) is 27.4. The Labute approximate surface area is 151 Å². The van der Waals surface area contributed by atoms with Gasteiger partial charge in [0.25, 0.3) is 5.91 Å². The van der Waals surface area contributed by atoms with E-state index in [1.54, 1.807) is 6.92 Å². The van der Waals surface area contributed by atoms with Crippen molar-refractivity contribution in [1.82, 2.24) is 10.3 Å². The van der Waals surface area contributed by atoms with Gasteiger partial charge < -0.3 is 15.0 Å². The molecule has 1 amide bonds. The van der Waals surface area contributed by atoms with Crippen LogP contribution in [0.3, 0.4) is 0 Å². The maximum Gasteiger partial charge on any atom is 0.257 e. The van der Waals surface area contributed by atoms with Crippen molar-refractivity contribution >= 4 is 5.91 Å². The number of carbonyl (C=O) groups excluding carboxylic acids is 1. The van der Waals surface area contributed by atoms with E-state index in [1.165, 1.54) is 12.3 Å². The van der Waals surface area contributed by atoms with Crippen LogP contribution in [0.25, 0.3) is 0 Å². The van der Waals surface area contributed by atoms with E-state index in [0.29, 0.717) is 17.2 Å². The number of nitrogens with one attached hydrogen (secondary N) is 2. The number of pyridine rings is 1. The summed E-state index contributed by atoms with van der Waals surface area (Å²) in [5.41, 5.74) is 1.32. The van der Waals surface area contributed by atoms with Gasteiger partial charge in [0.05, 0.1) is 6.04 Å². The SMILES string of the molecule is Cc1cc(=O)c(C(=O)NC(C)c2ccccc2Oc2ccccc2)c[nH]1. The standard InChI is InChI=1S/C21H20N2O3/c1-14-12-19(24)18(13-22-14)21(25)23-15(2)17-10-6-7-11-20(17)26-16-8-4-3-5-9-16/h3-13,15H,1-2H3,(H,22,24)(H,23,25). The van der Waals surface area contributed by atoms with Crippen molar-refractivity contribution in [1.29, 1.82) is 0 Å². The van der Waals surface area contributed by atoms with Crippen LogP contribution in [-0.4, -0.2) is 10.9 Å². The summed E-state index contributed by atoms with van der Waals surface area (Å²) in [5.74, 6) is 0.950. The summed E-state index contributed by atoms with van der Waals surface area (Å²) in [6.45, 7) is 3.62. The Bertz CT molecular complexity index is 964. The van der Waals surface area contributed by atoms with Gasteiger partial charge in [0.2, 0.25) is 0 Å². The molecule has 0 aliphatic rings. The van der Waals surface area contributed by atoms with Gasteiger partial charge in [-0.1, -0.05) is 36.4 Å². The molecule has 0 radical (unpaired) electrons. The minimum Gasteiger partial charge on any atom is -0.457 e. The monoisotopic (exact) mass is 348 g/mol. The molecule has 3 aromatic rings. The van der Waals surface area contributed by atoms with E-state index >= 15 is 0 Å². The van der Waals surface area contributed by atoms with Gasteiger partial charge in [-0.15, -0.1) is 0 Å². The lowest BCUT2D eigenvalue weighted by Crippen LogP contribution is -2.31. The molecule has 1 atom stereocenters. The minimum atomic E-state index is -0.423. The van der Waals surface area contributed by atoms with Crippen molar-refractivity contribution in [3.05, 3.63) is 93.9 Å². The van der Waals surface area contributed by atoms with Gasteiger partial charge in [-0.05, 0) is 32.0 Å². The number of hydrogen-bond donors (Lipinski definition) is 2. The third-order valence-electron chi connectivity index (χ3n) is 4.01. The fraction of sp³-hybridized carbons (Fsp3) is 0.143. The van der Waals surface area contributed by atoms with Crippen molar-refractivity contribution < 1.29 is 9.53 Å². The zero-order valence-corrected chi connectivity index (χ0v) is 14.7. The number of benzene rings is 2. The molecule has 0 saturated carbocycles. The molecule has 5 heteroatoms. The molecule has 1 unspecified atom stereocenters. The molecule has 0 bridgehead atoms. The van der Waals surface area contributed by atoms with Crippen molar-refractivity contribution in [2.24, 2.45) is 0 Å². The number of ether oxygens (including phenoxy) is 1. The second-order valence-corrected chi connectivity index (χ2v) is 6.04. The number of aromatic amines is 1. The van der Waals surface area contributed by atoms with Crippen molar-refractivity contribution in [3.8, 4) is 11.5 Å². The van der Waals surface area contributed by atoms with E-state index < -0.39 is 5.91 Å². The third-order valence-corrected chi connectivity index (χ3v) is 4.01. The average Bonchev–Trinajstić information content (AvgIpc) is 2.62. The predicted molar refractivity (Wildman–Crippen MR) is 101 cm³/mol. The van der Waals surface area contributed by atoms with E-state index in [-0.39, 0.29) is 17.0 Å². The molecule has 2 aromatic carbocycles. The van der Waals surface area contributed by atoms with Gasteiger partial charge in [0, 0.05) is 23.5 Å². The number of aromatic nitrogens is 1. The van der Waals surface area contributed by atoms with E-state index in [9.17, 15) is 9.59 Å². The summed E-state index contributed by atoms with van der Waals surface area (Å²) in [5, 5.41) is 2.86. The van der Waals surface area contributed by atoms with E-state index in [2.05, 4.69) is 10.3 Å². The fourth-order valence-electron chi connectivity index (χ4n) is 2.65. The van der Waals surface area contributed by atoms with Gasteiger partial charge in [0.15, 0.2) is 5.43 Å². The highest BCUT2D eigenvalue weighted by Gasteiger charge is 2.17. The Morgan fingerprint density at radius 1 is 1.08 bits per heavy atom. The maximum absolute atomic E-state index is 12.5. The lowest BCUT2D eigenvalue weighted by Gasteiger charge is -2.18. The van der Waals surface area contributed by atoms with Crippen LogP contribution in [0.15, 0.2) is 71.7 Å². The first-order valence-electron chi connectivity index (χ1n) is 8.36. The van der Waals surface area contributed by atoms with Crippen LogP contribution in [0.2, 0.25) is 0 Å². The summed E-state index contributed by atoms with van der Waals surface area (Å²) in [7, 11) is 0. The first-order chi connectivity index (χ1) is 12.5. The minimum absolute atomic E-state index is 0.0870. The summed E-state index contributed by atoms with van der Waals surface area (Å²) >= 11 is 0. The van der Waals surface area contributed by atoms with Crippen LogP contribution in [0.1, 0.15) is 34.6 Å². The molecular formula is C21H20N2O3. The second kappa shape index (κ2) is 7.70. The molecule has 0 aliphatic carbocycles. The van der Waals surface area contributed by atoms with Gasteiger partial charge >= 0.3 is 0 Å². The molecule has 0 fully saturated rings. The molecule has 26 heavy (non-hydrogen) atoms. The summed E-state index contributed by atoms with van der Waals surface area (Å²) < 4.78 is 5.94. The van der Waals surface area contributed by atoms with Crippen LogP contribution in [-0.2, 0) is 0 Å². The lowest BCUT2D eigenvalue weighted by molar-refractivity contribution is 0.0938. The topological polar surface area (TPSA) is 71.2 Å². The summed E-state index contributed by atoms with van der Waals surface area (Å²) in [6, 6.07) is 18.0. The second-order valence-electron chi connectivity index (χ2n) is 6.04. The summed E-state index contributed by atoms with van der Waals surface area (Å²) in [6.07, 6.45) is 1.44. The third kappa shape index (κ3) is 4.00. The smallest absolute Gasteiger partial charge is 0.257 e. The van der Waals surface area contributed by atoms with Crippen molar-refractivity contribution in [2.75, 3.05) is 0 Å². The molecular weight excluding hydrogens is 328 g/mol. The van der Waals surface area contributed by atoms with E-state index in [4.69, 9.17) is 4.74 Å². The Hall–Kier alpha value is -3.34. The predicted octanol–water partition coefficient (Wildman–Crippen LogP) is 3.97. The largest absolute Gasteiger partial charge is 0.457 e. The van der Waals surface area contributed by atoms with E-state index in [0.717, 1.165) is 5.56 Å². The van der Waals surface area contributed by atoms with Crippen LogP contribution in [0.5, 0.6) is 11.5 Å². The normalized spacial score (nSPS) is 11.6. The van der Waals surface area contributed by atoms with Crippen LogP contribution < -0.4 is 15.5 Å². The fourth-order valence-corrected chi connectivity index (χ4v) is 2.65. The van der Waals surface area contributed by atoms with Gasteiger partial charge in [-0.2, -0.15) is 0 Å². The van der Waals surface area contributed by atoms with Gasteiger partial charge in [-0.3, -0.25) is 9.59 Å². The lowest BCUT2D eigenvalue weighted by atomic mass is 10.1.